The smallest absolute Gasteiger partial charge is 0.307 e. The molecule has 6 unspecified atom stereocenters. The summed E-state index contributed by atoms with van der Waals surface area (Å²) in [7, 11) is 0. The van der Waals surface area contributed by atoms with Crippen molar-refractivity contribution in [2.75, 3.05) is 52.4 Å². The topological polar surface area (TPSA) is 178 Å². The lowest BCUT2D eigenvalue weighted by atomic mass is 9.86. The van der Waals surface area contributed by atoms with Crippen LogP contribution in [0.5, 0.6) is 5.75 Å². The van der Waals surface area contributed by atoms with Gasteiger partial charge in [-0.25, -0.2) is 0 Å². The lowest BCUT2D eigenvalue weighted by Crippen LogP contribution is -2.33. The molecule has 6 atom stereocenters. The quantitative estimate of drug-likeness (QED) is 0.0851. The van der Waals surface area contributed by atoms with Crippen molar-refractivity contribution in [2.45, 2.75) is 57.9 Å². The molecule has 3 fully saturated rings. The van der Waals surface area contributed by atoms with Crippen LogP contribution in [-0.4, -0.2) is 96.5 Å². The normalized spacial score (nSPS) is 20.8. The fraction of sp³-hybridized carbons (Fsp3) is 0.511. The maximum atomic E-state index is 14.1. The first kappa shape index (κ1) is 41.8. The number of hydrogen-bond acceptors (Lipinski definition) is 8. The minimum Gasteiger partial charge on any atom is -0.494 e. The van der Waals surface area contributed by atoms with E-state index < -0.39 is 35.7 Å². The van der Waals surface area contributed by atoms with Crippen LogP contribution in [0.1, 0.15) is 53.5 Å². The first-order valence-corrected chi connectivity index (χ1v) is 20.6. The predicted molar refractivity (Wildman–Crippen MR) is 216 cm³/mol. The number of carbonyl (C=O) groups excluding carboxylic acids is 1. The zero-order chi connectivity index (χ0) is 40.1. The van der Waals surface area contributed by atoms with Crippen molar-refractivity contribution >= 4 is 23.8 Å². The third-order valence-electron chi connectivity index (χ3n) is 12.1. The van der Waals surface area contributed by atoms with Crippen molar-refractivity contribution in [2.24, 2.45) is 35.5 Å². The highest BCUT2D eigenvalue weighted by Crippen LogP contribution is 2.28. The molecule has 12 nitrogen and oxygen atoms in total. The van der Waals surface area contributed by atoms with Crippen LogP contribution in [-0.2, 0) is 51.4 Å². The Hall–Kier alpha value is -4.78. The van der Waals surface area contributed by atoms with Gasteiger partial charge in [-0.05, 0) is 142 Å². The molecular weight excluding hydrogens is 725 g/mol. The van der Waals surface area contributed by atoms with Crippen LogP contribution >= 0.6 is 0 Å². The Bertz CT molecular complexity index is 1820. The van der Waals surface area contributed by atoms with Crippen LogP contribution in [0.3, 0.4) is 0 Å². The van der Waals surface area contributed by atoms with Crippen molar-refractivity contribution in [3.63, 3.8) is 0 Å². The molecule has 0 aliphatic carbocycles. The summed E-state index contributed by atoms with van der Waals surface area (Å²) < 4.78 is 6.15. The Kier molecular flexibility index (Phi) is 15.1. The number of carbonyl (C=O) groups is 4. The fourth-order valence-electron chi connectivity index (χ4n) is 8.92. The molecular formula is C45H58N4O8. The molecule has 3 heterocycles. The van der Waals surface area contributed by atoms with Gasteiger partial charge in [0.1, 0.15) is 5.75 Å². The van der Waals surface area contributed by atoms with Gasteiger partial charge < -0.3 is 40.9 Å². The third kappa shape index (κ3) is 12.1. The number of aliphatic carboxylic acids is 3. The predicted octanol–water partition coefficient (Wildman–Crippen LogP) is 4.29. The van der Waals surface area contributed by atoms with E-state index in [9.17, 15) is 34.5 Å². The lowest BCUT2D eigenvalue weighted by molar-refractivity contribution is -0.144. The Morgan fingerprint density at radius 2 is 1.05 bits per heavy atom. The molecule has 6 rings (SSSR count). The SMILES string of the molecule is O=C(O)C(Cc1cccc(CC(=O)N(CCCOc2cccc(CC(C(=O)O)C3CCNC3)c2)Cc2cccc(CC(C(=O)O)C3CCNC3)c2)c1)C1CCNC1. The van der Waals surface area contributed by atoms with E-state index in [0.29, 0.717) is 70.8 Å². The second-order valence-corrected chi connectivity index (χ2v) is 16.2. The summed E-state index contributed by atoms with van der Waals surface area (Å²) in [6.07, 6.45) is 4.47. The summed E-state index contributed by atoms with van der Waals surface area (Å²) in [5, 5.41) is 39.8. The number of amides is 1. The molecule has 6 N–H and O–H groups in total. The number of nitrogens with zero attached hydrogens (tertiary/aromatic N) is 1. The monoisotopic (exact) mass is 782 g/mol. The van der Waals surface area contributed by atoms with Crippen LogP contribution < -0.4 is 20.7 Å². The van der Waals surface area contributed by atoms with E-state index in [4.69, 9.17) is 4.74 Å². The largest absolute Gasteiger partial charge is 0.494 e. The first-order chi connectivity index (χ1) is 27.6. The molecule has 0 saturated carbocycles. The first-order valence-electron chi connectivity index (χ1n) is 20.6. The van der Waals surface area contributed by atoms with Crippen molar-refractivity contribution in [1.29, 1.82) is 0 Å². The molecule has 3 aliphatic rings. The summed E-state index contributed by atoms with van der Waals surface area (Å²) >= 11 is 0. The van der Waals surface area contributed by atoms with Crippen LogP contribution in [0.15, 0.2) is 72.8 Å². The van der Waals surface area contributed by atoms with Gasteiger partial charge in [-0.1, -0.05) is 60.7 Å². The van der Waals surface area contributed by atoms with E-state index in [0.717, 1.165) is 66.7 Å². The lowest BCUT2D eigenvalue weighted by Gasteiger charge is -2.24. The summed E-state index contributed by atoms with van der Waals surface area (Å²) in [5.74, 6) is -3.00. The van der Waals surface area contributed by atoms with E-state index in [2.05, 4.69) is 16.0 Å². The number of nitrogens with one attached hydrogen (secondary N) is 3. The van der Waals surface area contributed by atoms with Crippen molar-refractivity contribution < 1.29 is 39.2 Å². The maximum absolute atomic E-state index is 14.1. The van der Waals surface area contributed by atoms with Crippen molar-refractivity contribution in [3.8, 4) is 5.75 Å². The molecule has 0 spiro atoms. The summed E-state index contributed by atoms with van der Waals surface area (Å²) in [6.45, 7) is 5.69. The van der Waals surface area contributed by atoms with Gasteiger partial charge in [0, 0.05) is 13.1 Å². The minimum atomic E-state index is -0.798. The maximum Gasteiger partial charge on any atom is 0.307 e. The van der Waals surface area contributed by atoms with Gasteiger partial charge in [0.25, 0.3) is 0 Å². The van der Waals surface area contributed by atoms with Gasteiger partial charge >= 0.3 is 17.9 Å². The molecule has 12 heteroatoms. The highest BCUT2D eigenvalue weighted by atomic mass is 16.5. The van der Waals surface area contributed by atoms with E-state index in [1.165, 1.54) is 0 Å². The van der Waals surface area contributed by atoms with Crippen LogP contribution in [0, 0.1) is 35.5 Å². The minimum absolute atomic E-state index is 0.0699. The molecule has 0 bridgehead atoms. The second-order valence-electron chi connectivity index (χ2n) is 16.2. The Morgan fingerprint density at radius 1 is 0.614 bits per heavy atom. The number of hydrogen-bond donors (Lipinski definition) is 6. The van der Waals surface area contributed by atoms with Crippen LogP contribution in [0.25, 0.3) is 0 Å². The van der Waals surface area contributed by atoms with E-state index in [1.54, 1.807) is 0 Å². The standard InChI is InChI=1S/C45H58N4O8/c50-42(25-32-7-1-5-30(19-32)22-39(43(51)52)35-11-14-46-26-35)49(29-34-9-2-6-31(20-34)23-40(44(53)54)36-12-15-47-27-36)17-4-18-57-38-10-3-8-33(21-38)24-41(45(55)56)37-13-16-48-28-37/h1-3,5-10,19-21,35-37,39-41,46-48H,4,11-18,22-29H2,(H,51,52)(H,53,54)(H,55,56). The Labute approximate surface area is 335 Å². The van der Waals surface area contributed by atoms with Gasteiger partial charge in [-0.2, -0.15) is 0 Å². The molecule has 3 aliphatic heterocycles. The van der Waals surface area contributed by atoms with Gasteiger partial charge in [-0.15, -0.1) is 0 Å². The molecule has 0 radical (unpaired) electrons. The van der Waals surface area contributed by atoms with E-state index >= 15 is 0 Å². The highest BCUT2D eigenvalue weighted by molar-refractivity contribution is 5.79. The number of ether oxygens (including phenoxy) is 1. The van der Waals surface area contributed by atoms with Crippen LogP contribution in [0.4, 0.5) is 0 Å². The third-order valence-corrected chi connectivity index (χ3v) is 12.1. The number of rotatable bonds is 21. The molecule has 1 amide bonds. The van der Waals surface area contributed by atoms with Crippen molar-refractivity contribution in [1.82, 2.24) is 20.9 Å². The Morgan fingerprint density at radius 3 is 1.53 bits per heavy atom. The zero-order valence-corrected chi connectivity index (χ0v) is 32.7. The zero-order valence-electron chi connectivity index (χ0n) is 32.7. The molecule has 57 heavy (non-hydrogen) atoms. The fourth-order valence-corrected chi connectivity index (χ4v) is 8.92. The van der Waals surface area contributed by atoms with Crippen LogP contribution in [0.2, 0.25) is 0 Å². The summed E-state index contributed by atoms with van der Waals surface area (Å²) in [5.41, 5.74) is 4.47. The van der Waals surface area contributed by atoms with Gasteiger partial charge in [0.05, 0.1) is 30.8 Å². The molecule has 3 saturated heterocycles. The number of benzene rings is 3. The molecule has 3 aromatic rings. The van der Waals surface area contributed by atoms with Gasteiger partial charge in [0.2, 0.25) is 5.91 Å². The van der Waals surface area contributed by atoms with E-state index in [-0.39, 0.29) is 30.1 Å². The highest BCUT2D eigenvalue weighted by Gasteiger charge is 2.33. The second kappa shape index (κ2) is 20.6. The summed E-state index contributed by atoms with van der Waals surface area (Å²) in [4.78, 5) is 52.5. The molecule has 306 valence electrons. The molecule has 0 aromatic heterocycles. The van der Waals surface area contributed by atoms with Gasteiger partial charge in [-0.3, -0.25) is 19.2 Å². The number of carboxylic acid groups (broad SMARTS) is 3. The average molecular weight is 783 g/mol. The Balaban J connectivity index is 1.12. The summed E-state index contributed by atoms with van der Waals surface area (Å²) in [6, 6.07) is 23.1. The van der Waals surface area contributed by atoms with Gasteiger partial charge in [0.15, 0.2) is 0 Å². The molecule has 3 aromatic carbocycles. The van der Waals surface area contributed by atoms with Crippen molar-refractivity contribution in [3.05, 3.63) is 101 Å². The number of carboxylic acids is 3. The average Bonchev–Trinajstić information content (AvgIpc) is 4.02. The van der Waals surface area contributed by atoms with E-state index in [1.807, 2.05) is 77.7 Å².